The second kappa shape index (κ2) is 12.8. The normalized spacial score (nSPS) is 9.43. The standard InChI is InChI=1S/C10H14.C6H11N3.CH3.W/c1-9(2)8-10-6-4-3-5-7-10;1-5(2)3-6-7-4-8-9-6;;/h3-7,9H,8H2,1-2H3;4-5H,3H2,1-2H3,(H,7,8,9);1H3;/q;;-1;. The Hall–Kier alpha value is -0.952. The molecule has 0 amide bonds. The average molecular weight is 458 g/mol. The van der Waals surface area contributed by atoms with Crippen LogP contribution in [0.5, 0.6) is 0 Å². The van der Waals surface area contributed by atoms with Crippen LogP contribution in [-0.4, -0.2) is 15.2 Å². The van der Waals surface area contributed by atoms with Crippen molar-refractivity contribution < 1.29 is 21.1 Å². The van der Waals surface area contributed by atoms with E-state index in [-0.39, 0.29) is 28.5 Å². The van der Waals surface area contributed by atoms with Gasteiger partial charge in [0.15, 0.2) is 0 Å². The van der Waals surface area contributed by atoms with Gasteiger partial charge in [0, 0.05) is 27.5 Å². The van der Waals surface area contributed by atoms with Crippen molar-refractivity contribution >= 4 is 0 Å². The van der Waals surface area contributed by atoms with E-state index in [1.54, 1.807) is 0 Å². The molecule has 3 nitrogen and oxygen atoms in total. The molecule has 0 bridgehead atoms. The number of H-pyrrole nitrogens is 1. The first-order chi connectivity index (χ1) is 9.08. The number of nitrogens with one attached hydrogen (secondary N) is 1. The van der Waals surface area contributed by atoms with Gasteiger partial charge >= 0.3 is 0 Å². The van der Waals surface area contributed by atoms with Gasteiger partial charge < -0.3 is 7.43 Å². The van der Waals surface area contributed by atoms with Crippen LogP contribution in [0.15, 0.2) is 36.7 Å². The molecule has 0 aliphatic rings. The fraction of sp³-hybridized carbons (Fsp3) is 0.471. The molecule has 0 radical (unpaired) electrons. The smallest absolute Gasteiger partial charge is 0.137 e. The molecule has 1 heterocycles. The molecule has 0 spiro atoms. The molecule has 21 heavy (non-hydrogen) atoms. The second-order valence-corrected chi connectivity index (χ2v) is 5.61. The molecule has 4 heteroatoms. The second-order valence-electron chi connectivity index (χ2n) is 5.61. The summed E-state index contributed by atoms with van der Waals surface area (Å²) in [6.45, 7) is 8.80. The van der Waals surface area contributed by atoms with Crippen molar-refractivity contribution in [1.29, 1.82) is 0 Å². The molecule has 0 unspecified atom stereocenters. The van der Waals surface area contributed by atoms with Crippen molar-refractivity contribution in [1.82, 2.24) is 15.2 Å². The van der Waals surface area contributed by atoms with E-state index in [0.717, 1.165) is 18.2 Å². The van der Waals surface area contributed by atoms with Gasteiger partial charge in [0.2, 0.25) is 0 Å². The van der Waals surface area contributed by atoms with Gasteiger partial charge in [-0.1, -0.05) is 58.0 Å². The molecule has 118 valence electrons. The Morgan fingerprint density at radius 2 is 1.52 bits per heavy atom. The van der Waals surface area contributed by atoms with Gasteiger partial charge in [-0.3, -0.25) is 5.10 Å². The summed E-state index contributed by atoms with van der Waals surface area (Å²) in [4.78, 5) is 3.99. The molecule has 0 fully saturated rings. The Bertz CT molecular complexity index is 425. The van der Waals surface area contributed by atoms with Crippen LogP contribution in [0.2, 0.25) is 0 Å². The fourth-order valence-electron chi connectivity index (χ4n) is 1.80. The SMILES string of the molecule is CC(C)Cc1ccccc1.CC(C)Cc1ncn[nH]1.[CH3-].[W]. The molecule has 2 aromatic rings. The third-order valence-electron chi connectivity index (χ3n) is 2.55. The quantitative estimate of drug-likeness (QED) is 0.694. The molecule has 0 saturated heterocycles. The summed E-state index contributed by atoms with van der Waals surface area (Å²) in [5.41, 5.74) is 1.44. The minimum absolute atomic E-state index is 0. The third-order valence-corrected chi connectivity index (χ3v) is 2.55. The topological polar surface area (TPSA) is 41.6 Å². The van der Waals surface area contributed by atoms with E-state index < -0.39 is 0 Å². The maximum atomic E-state index is 3.99. The van der Waals surface area contributed by atoms with Crippen molar-refractivity contribution in [3.8, 4) is 0 Å². The van der Waals surface area contributed by atoms with Crippen molar-refractivity contribution in [2.75, 3.05) is 0 Å². The molecular formula is C17H28N3W-. The molecule has 0 aliphatic heterocycles. The van der Waals surface area contributed by atoms with Gasteiger partial charge in [-0.05, 0) is 23.8 Å². The number of rotatable bonds is 4. The summed E-state index contributed by atoms with van der Waals surface area (Å²) in [6.07, 6.45) is 3.72. The predicted molar refractivity (Wildman–Crippen MR) is 86.3 cm³/mol. The number of nitrogens with zero attached hydrogens (tertiary/aromatic N) is 2. The zero-order valence-corrected chi connectivity index (χ0v) is 16.8. The van der Waals surface area contributed by atoms with Crippen molar-refractivity contribution in [2.24, 2.45) is 11.8 Å². The van der Waals surface area contributed by atoms with Crippen LogP contribution in [-0.2, 0) is 33.9 Å². The number of hydrogen-bond donors (Lipinski definition) is 1. The Kier molecular flexibility index (Phi) is 13.6. The molecule has 2 rings (SSSR count). The van der Waals surface area contributed by atoms with Crippen molar-refractivity contribution in [2.45, 2.75) is 40.5 Å². The predicted octanol–water partition coefficient (Wildman–Crippen LogP) is 4.34. The molecule has 1 aromatic heterocycles. The molecule has 0 atom stereocenters. The van der Waals surface area contributed by atoms with Gasteiger partial charge in [0.05, 0.1) is 0 Å². The fourth-order valence-corrected chi connectivity index (χ4v) is 1.80. The van der Waals surface area contributed by atoms with Crippen LogP contribution in [0.1, 0.15) is 39.1 Å². The summed E-state index contributed by atoms with van der Waals surface area (Å²) in [5, 5.41) is 6.55. The van der Waals surface area contributed by atoms with E-state index in [1.807, 2.05) is 0 Å². The van der Waals surface area contributed by atoms with E-state index in [9.17, 15) is 0 Å². The summed E-state index contributed by atoms with van der Waals surface area (Å²) in [5.74, 6) is 2.39. The van der Waals surface area contributed by atoms with Crippen molar-refractivity contribution in [3.05, 3.63) is 55.5 Å². The molecule has 0 aliphatic carbocycles. The summed E-state index contributed by atoms with van der Waals surface area (Å²) >= 11 is 0. The van der Waals surface area contributed by atoms with E-state index in [2.05, 4.69) is 73.2 Å². The zero-order valence-electron chi connectivity index (χ0n) is 13.8. The maximum absolute atomic E-state index is 3.99. The van der Waals surface area contributed by atoms with Crippen molar-refractivity contribution in [3.63, 3.8) is 0 Å². The Labute approximate surface area is 144 Å². The van der Waals surface area contributed by atoms with Gasteiger partial charge in [-0.2, -0.15) is 5.10 Å². The van der Waals surface area contributed by atoms with E-state index in [1.165, 1.54) is 18.3 Å². The Morgan fingerprint density at radius 1 is 0.952 bits per heavy atom. The van der Waals surface area contributed by atoms with Gasteiger partial charge in [0.25, 0.3) is 0 Å². The number of hydrogen-bond acceptors (Lipinski definition) is 2. The average Bonchev–Trinajstić information content (AvgIpc) is 2.82. The summed E-state index contributed by atoms with van der Waals surface area (Å²) in [7, 11) is 0. The van der Waals surface area contributed by atoms with Crippen LogP contribution >= 0.6 is 0 Å². The molecule has 1 aromatic carbocycles. The minimum atomic E-state index is 0. The summed E-state index contributed by atoms with van der Waals surface area (Å²) in [6, 6.07) is 10.6. The Morgan fingerprint density at radius 3 is 1.95 bits per heavy atom. The number of aromatic nitrogens is 3. The van der Waals surface area contributed by atoms with Crippen LogP contribution < -0.4 is 0 Å². The maximum Gasteiger partial charge on any atom is 0.137 e. The molecule has 1 N–H and O–H groups in total. The van der Waals surface area contributed by atoms with Crippen LogP contribution in [0, 0.1) is 19.3 Å². The third kappa shape index (κ3) is 11.4. The van der Waals surface area contributed by atoms with Crippen LogP contribution in [0.25, 0.3) is 0 Å². The van der Waals surface area contributed by atoms with E-state index in [4.69, 9.17) is 0 Å². The van der Waals surface area contributed by atoms with Gasteiger partial charge in [0.1, 0.15) is 12.2 Å². The first-order valence-electron chi connectivity index (χ1n) is 6.96. The molecular weight excluding hydrogens is 430 g/mol. The van der Waals surface area contributed by atoms with E-state index in [0.29, 0.717) is 5.92 Å². The van der Waals surface area contributed by atoms with Gasteiger partial charge in [-0.25, -0.2) is 4.98 Å². The Balaban J connectivity index is 0. The molecule has 0 saturated carbocycles. The minimum Gasteiger partial charge on any atom is -0.358 e. The first-order valence-corrected chi connectivity index (χ1v) is 6.96. The van der Waals surface area contributed by atoms with Crippen LogP contribution in [0.3, 0.4) is 0 Å². The number of aromatic amines is 1. The zero-order chi connectivity index (χ0) is 14.1. The first kappa shape index (κ1) is 22.3. The van der Waals surface area contributed by atoms with Gasteiger partial charge in [-0.15, -0.1) is 0 Å². The number of benzene rings is 1. The largest absolute Gasteiger partial charge is 0.358 e. The van der Waals surface area contributed by atoms with Crippen LogP contribution in [0.4, 0.5) is 0 Å². The van der Waals surface area contributed by atoms with E-state index >= 15 is 0 Å². The monoisotopic (exact) mass is 458 g/mol. The summed E-state index contributed by atoms with van der Waals surface area (Å²) < 4.78 is 0.